The SMILES string of the molecule is CN1C(=O)N(Cc2ccccc2)C(=O)C2C1N=C(SCCCO)N2C. The molecule has 2 atom stereocenters. The summed E-state index contributed by atoms with van der Waals surface area (Å²) in [4.78, 5) is 34.9. The van der Waals surface area contributed by atoms with Gasteiger partial charge in [-0.05, 0) is 12.0 Å². The van der Waals surface area contributed by atoms with Gasteiger partial charge in [0.15, 0.2) is 17.4 Å². The summed E-state index contributed by atoms with van der Waals surface area (Å²) in [5, 5.41) is 9.66. The van der Waals surface area contributed by atoms with Crippen LogP contribution in [0.15, 0.2) is 35.3 Å². The van der Waals surface area contributed by atoms with Crippen LogP contribution >= 0.6 is 11.8 Å². The number of aliphatic imine (C=N–C) groups is 1. The highest BCUT2D eigenvalue weighted by Crippen LogP contribution is 2.30. The van der Waals surface area contributed by atoms with E-state index in [0.717, 1.165) is 16.5 Å². The lowest BCUT2D eigenvalue weighted by atomic mass is 10.1. The molecule has 0 spiro atoms. The van der Waals surface area contributed by atoms with Crippen molar-refractivity contribution in [2.75, 3.05) is 26.5 Å². The van der Waals surface area contributed by atoms with E-state index in [-0.39, 0.29) is 25.1 Å². The normalized spacial score (nSPS) is 23.2. The van der Waals surface area contributed by atoms with Gasteiger partial charge < -0.3 is 14.9 Å². The number of urea groups is 1. The number of carbonyl (C=O) groups is 2. The molecule has 134 valence electrons. The first-order valence-corrected chi connectivity index (χ1v) is 9.19. The molecular formula is C17H22N4O3S. The lowest BCUT2D eigenvalue weighted by Crippen LogP contribution is -2.64. The topological polar surface area (TPSA) is 76.5 Å². The number of aliphatic hydroxyl groups excluding tert-OH is 1. The van der Waals surface area contributed by atoms with Gasteiger partial charge in [-0.2, -0.15) is 0 Å². The molecule has 2 heterocycles. The molecule has 1 aromatic rings. The third-order valence-corrected chi connectivity index (χ3v) is 5.55. The van der Waals surface area contributed by atoms with Crippen LogP contribution in [-0.4, -0.2) is 75.6 Å². The van der Waals surface area contributed by atoms with E-state index in [0.29, 0.717) is 6.42 Å². The number of aliphatic hydroxyl groups is 1. The number of thioether (sulfide) groups is 1. The number of benzene rings is 1. The van der Waals surface area contributed by atoms with Gasteiger partial charge >= 0.3 is 6.03 Å². The molecule has 0 bridgehead atoms. The van der Waals surface area contributed by atoms with Crippen LogP contribution in [0.1, 0.15) is 12.0 Å². The average Bonchev–Trinajstić information content (AvgIpc) is 2.95. The number of amides is 3. The summed E-state index contributed by atoms with van der Waals surface area (Å²) in [6.07, 6.45) is 0.170. The van der Waals surface area contributed by atoms with E-state index in [4.69, 9.17) is 5.11 Å². The summed E-state index contributed by atoms with van der Waals surface area (Å²) in [6, 6.07) is 8.66. The Morgan fingerprint density at radius 1 is 1.16 bits per heavy atom. The van der Waals surface area contributed by atoms with Crippen LogP contribution < -0.4 is 0 Å². The maximum Gasteiger partial charge on any atom is 0.328 e. The lowest BCUT2D eigenvalue weighted by molar-refractivity contribution is -0.137. The molecule has 1 aromatic carbocycles. The largest absolute Gasteiger partial charge is 0.396 e. The first kappa shape index (κ1) is 17.8. The van der Waals surface area contributed by atoms with Gasteiger partial charge in [0.05, 0.1) is 6.54 Å². The van der Waals surface area contributed by atoms with Crippen molar-refractivity contribution >= 4 is 28.9 Å². The second kappa shape index (κ2) is 7.45. The number of imide groups is 1. The molecule has 3 amide bonds. The summed E-state index contributed by atoms with van der Waals surface area (Å²) in [5.41, 5.74) is 0.912. The van der Waals surface area contributed by atoms with Gasteiger partial charge in [-0.25, -0.2) is 9.79 Å². The van der Waals surface area contributed by atoms with Crippen LogP contribution in [0.5, 0.6) is 0 Å². The Bertz CT molecular complexity index is 682. The third kappa shape index (κ3) is 3.36. The molecule has 1 saturated heterocycles. The van der Waals surface area contributed by atoms with Crippen molar-refractivity contribution in [3.8, 4) is 0 Å². The number of nitrogens with zero attached hydrogens (tertiary/aromatic N) is 4. The van der Waals surface area contributed by atoms with E-state index in [9.17, 15) is 9.59 Å². The van der Waals surface area contributed by atoms with Crippen molar-refractivity contribution in [3.63, 3.8) is 0 Å². The highest BCUT2D eigenvalue weighted by Gasteiger charge is 2.50. The highest BCUT2D eigenvalue weighted by atomic mass is 32.2. The molecule has 0 aromatic heterocycles. The molecule has 7 nitrogen and oxygen atoms in total. The first-order chi connectivity index (χ1) is 12.0. The van der Waals surface area contributed by atoms with E-state index >= 15 is 0 Å². The maximum absolute atomic E-state index is 13.0. The fourth-order valence-corrected chi connectivity index (χ4v) is 3.98. The van der Waals surface area contributed by atoms with Crippen molar-refractivity contribution in [1.29, 1.82) is 0 Å². The Balaban J connectivity index is 1.78. The number of hydrogen-bond donors (Lipinski definition) is 1. The molecule has 2 aliphatic rings. The zero-order valence-electron chi connectivity index (χ0n) is 14.3. The quantitative estimate of drug-likeness (QED) is 0.797. The third-order valence-electron chi connectivity index (χ3n) is 4.41. The predicted molar refractivity (Wildman–Crippen MR) is 97.1 cm³/mol. The molecule has 0 radical (unpaired) electrons. The Morgan fingerprint density at radius 2 is 1.88 bits per heavy atom. The second-order valence-corrected chi connectivity index (χ2v) is 7.17. The van der Waals surface area contributed by atoms with Crippen LogP contribution in [0, 0.1) is 0 Å². The van der Waals surface area contributed by atoms with Crippen molar-refractivity contribution in [2.45, 2.75) is 25.2 Å². The molecule has 0 saturated carbocycles. The molecule has 25 heavy (non-hydrogen) atoms. The van der Waals surface area contributed by atoms with Crippen molar-refractivity contribution in [1.82, 2.24) is 14.7 Å². The minimum Gasteiger partial charge on any atom is -0.396 e. The van der Waals surface area contributed by atoms with E-state index in [1.165, 1.54) is 21.6 Å². The molecule has 2 unspecified atom stereocenters. The van der Waals surface area contributed by atoms with Crippen LogP contribution in [0.3, 0.4) is 0 Å². The number of carbonyl (C=O) groups excluding carboxylic acids is 2. The fraction of sp³-hybridized carbons (Fsp3) is 0.471. The summed E-state index contributed by atoms with van der Waals surface area (Å²) < 4.78 is 0. The van der Waals surface area contributed by atoms with Gasteiger partial charge in [0.25, 0.3) is 5.91 Å². The smallest absolute Gasteiger partial charge is 0.328 e. The zero-order chi connectivity index (χ0) is 18.0. The van der Waals surface area contributed by atoms with Gasteiger partial charge in [-0.15, -0.1) is 0 Å². The number of fused-ring (bicyclic) bond motifs is 1. The molecule has 0 aliphatic carbocycles. The average molecular weight is 362 g/mol. The Labute approximate surface area is 151 Å². The molecule has 1 N–H and O–H groups in total. The molecule has 3 rings (SSSR count). The van der Waals surface area contributed by atoms with Crippen LogP contribution in [-0.2, 0) is 11.3 Å². The standard InChI is InChI=1S/C17H22N4O3S/c1-19-13-14(18-16(19)25-10-6-9-22)20(2)17(24)21(15(13)23)11-12-7-4-3-5-8-12/h3-5,7-8,13-14,22H,6,9-11H2,1-2H3. The van der Waals surface area contributed by atoms with Gasteiger partial charge in [0, 0.05) is 26.5 Å². The van der Waals surface area contributed by atoms with Crippen molar-refractivity contribution < 1.29 is 14.7 Å². The Morgan fingerprint density at radius 3 is 2.56 bits per heavy atom. The van der Waals surface area contributed by atoms with Crippen LogP contribution in [0.4, 0.5) is 4.79 Å². The van der Waals surface area contributed by atoms with Crippen molar-refractivity contribution in [2.24, 2.45) is 4.99 Å². The summed E-state index contributed by atoms with van der Waals surface area (Å²) in [5.74, 6) is 0.500. The lowest BCUT2D eigenvalue weighted by Gasteiger charge is -2.40. The number of likely N-dealkylation sites (N-methyl/N-ethyl adjacent to an activating group) is 2. The van der Waals surface area contributed by atoms with E-state index in [2.05, 4.69) is 4.99 Å². The van der Waals surface area contributed by atoms with E-state index in [1.54, 1.807) is 7.05 Å². The Hall–Kier alpha value is -2.06. The molecular weight excluding hydrogens is 340 g/mol. The summed E-state index contributed by atoms with van der Waals surface area (Å²) in [7, 11) is 3.51. The maximum atomic E-state index is 13.0. The second-order valence-electron chi connectivity index (χ2n) is 6.11. The molecule has 2 aliphatic heterocycles. The highest BCUT2D eigenvalue weighted by molar-refractivity contribution is 8.13. The Kier molecular flexibility index (Phi) is 5.29. The molecule has 1 fully saturated rings. The minimum atomic E-state index is -0.497. The monoisotopic (exact) mass is 362 g/mol. The van der Waals surface area contributed by atoms with Gasteiger partial charge in [-0.3, -0.25) is 9.69 Å². The van der Waals surface area contributed by atoms with Crippen LogP contribution in [0.2, 0.25) is 0 Å². The summed E-state index contributed by atoms with van der Waals surface area (Å²) in [6.45, 7) is 0.381. The number of hydrogen-bond acceptors (Lipinski definition) is 6. The summed E-state index contributed by atoms with van der Waals surface area (Å²) >= 11 is 1.50. The predicted octanol–water partition coefficient (Wildman–Crippen LogP) is 1.19. The first-order valence-electron chi connectivity index (χ1n) is 8.21. The fourth-order valence-electron chi connectivity index (χ4n) is 3.02. The van der Waals surface area contributed by atoms with Gasteiger partial charge in [-0.1, -0.05) is 42.1 Å². The van der Waals surface area contributed by atoms with E-state index in [1.807, 2.05) is 42.3 Å². The van der Waals surface area contributed by atoms with Gasteiger partial charge in [0.1, 0.15) is 0 Å². The van der Waals surface area contributed by atoms with Crippen LogP contribution in [0.25, 0.3) is 0 Å². The van der Waals surface area contributed by atoms with Crippen molar-refractivity contribution in [3.05, 3.63) is 35.9 Å². The van der Waals surface area contributed by atoms with E-state index < -0.39 is 12.2 Å². The number of amidine groups is 1. The zero-order valence-corrected chi connectivity index (χ0v) is 15.1. The molecule has 8 heteroatoms. The number of rotatable bonds is 5. The van der Waals surface area contributed by atoms with Gasteiger partial charge in [0.2, 0.25) is 0 Å². The minimum absolute atomic E-state index is 0.124.